The zero-order valence-corrected chi connectivity index (χ0v) is 5.85. The molecule has 58 valence electrons. The Morgan fingerprint density at radius 1 is 1.64 bits per heavy atom. The van der Waals surface area contributed by atoms with Gasteiger partial charge in [0.2, 0.25) is 5.88 Å². The number of ether oxygens (including phenoxy) is 2. The molecule has 0 aromatic carbocycles. The number of rotatable bonds is 1. The SMILES string of the molecule is COC(=O)Oc1ccncn1. The number of aromatic nitrogens is 2. The van der Waals surface area contributed by atoms with E-state index in [-0.39, 0.29) is 5.88 Å². The van der Waals surface area contributed by atoms with Crippen LogP contribution in [-0.4, -0.2) is 23.2 Å². The molecule has 0 saturated heterocycles. The average Bonchev–Trinajstić information content (AvgIpc) is 2.06. The number of methoxy groups -OCH3 is 1. The Morgan fingerprint density at radius 3 is 3.00 bits per heavy atom. The molecular formula is C6H6N2O3. The van der Waals surface area contributed by atoms with Gasteiger partial charge in [0, 0.05) is 12.3 Å². The molecule has 1 aromatic heterocycles. The number of carbonyl (C=O) groups excluding carboxylic acids is 1. The molecule has 0 unspecified atom stereocenters. The Kier molecular flexibility index (Phi) is 2.37. The van der Waals surface area contributed by atoms with E-state index in [1.807, 2.05) is 0 Å². The van der Waals surface area contributed by atoms with Crippen LogP contribution >= 0.6 is 0 Å². The maximum absolute atomic E-state index is 10.5. The van der Waals surface area contributed by atoms with Gasteiger partial charge in [0.05, 0.1) is 7.11 Å². The van der Waals surface area contributed by atoms with E-state index in [1.54, 1.807) is 0 Å². The molecule has 5 heteroatoms. The summed E-state index contributed by atoms with van der Waals surface area (Å²) in [5.41, 5.74) is 0. The fourth-order valence-corrected chi connectivity index (χ4v) is 0.466. The maximum atomic E-state index is 10.5. The molecule has 1 rings (SSSR count). The zero-order valence-electron chi connectivity index (χ0n) is 5.85. The number of hydrogen-bond donors (Lipinski definition) is 0. The van der Waals surface area contributed by atoms with E-state index < -0.39 is 6.16 Å². The minimum Gasteiger partial charge on any atom is -0.437 e. The predicted octanol–water partition coefficient (Wildman–Crippen LogP) is 0.622. The molecule has 1 heterocycles. The largest absolute Gasteiger partial charge is 0.514 e. The first-order valence-electron chi connectivity index (χ1n) is 2.84. The highest BCUT2D eigenvalue weighted by atomic mass is 16.7. The quantitative estimate of drug-likeness (QED) is 0.555. The summed E-state index contributed by atoms with van der Waals surface area (Å²) in [6.45, 7) is 0. The van der Waals surface area contributed by atoms with Gasteiger partial charge in [0.1, 0.15) is 6.33 Å². The second-order valence-corrected chi connectivity index (χ2v) is 1.60. The molecule has 0 aliphatic heterocycles. The smallest absolute Gasteiger partial charge is 0.437 e. The molecule has 0 saturated carbocycles. The van der Waals surface area contributed by atoms with Crippen LogP contribution in [0.25, 0.3) is 0 Å². The highest BCUT2D eigenvalue weighted by Gasteiger charge is 2.02. The first-order valence-corrected chi connectivity index (χ1v) is 2.84. The lowest BCUT2D eigenvalue weighted by atomic mass is 10.6. The lowest BCUT2D eigenvalue weighted by Gasteiger charge is -1.98. The van der Waals surface area contributed by atoms with Crippen molar-refractivity contribution in [3.63, 3.8) is 0 Å². The standard InChI is InChI=1S/C6H6N2O3/c1-10-6(9)11-5-2-3-7-4-8-5/h2-4H,1H3. The van der Waals surface area contributed by atoms with Crippen LogP contribution in [0.1, 0.15) is 0 Å². The van der Waals surface area contributed by atoms with E-state index in [0.29, 0.717) is 0 Å². The Bertz CT molecular complexity index is 237. The second kappa shape index (κ2) is 3.50. The lowest BCUT2D eigenvalue weighted by molar-refractivity contribution is 0.119. The van der Waals surface area contributed by atoms with E-state index in [2.05, 4.69) is 19.4 Å². The summed E-state index contributed by atoms with van der Waals surface area (Å²) in [4.78, 5) is 17.7. The van der Waals surface area contributed by atoms with Crippen LogP contribution in [0.2, 0.25) is 0 Å². The van der Waals surface area contributed by atoms with E-state index >= 15 is 0 Å². The van der Waals surface area contributed by atoms with Crippen molar-refractivity contribution in [2.75, 3.05) is 7.11 Å². The molecule has 0 radical (unpaired) electrons. The van der Waals surface area contributed by atoms with Gasteiger partial charge in [-0.05, 0) is 0 Å². The van der Waals surface area contributed by atoms with Crippen molar-refractivity contribution in [1.82, 2.24) is 9.97 Å². The number of carbonyl (C=O) groups is 1. The van der Waals surface area contributed by atoms with Crippen molar-refractivity contribution >= 4 is 6.16 Å². The molecular weight excluding hydrogens is 148 g/mol. The monoisotopic (exact) mass is 154 g/mol. The number of nitrogens with zero attached hydrogens (tertiary/aromatic N) is 2. The van der Waals surface area contributed by atoms with Crippen molar-refractivity contribution in [3.8, 4) is 5.88 Å². The van der Waals surface area contributed by atoms with Crippen LogP contribution in [0.5, 0.6) is 5.88 Å². The minimum absolute atomic E-state index is 0.173. The Labute approximate surface area is 63.0 Å². The van der Waals surface area contributed by atoms with Gasteiger partial charge < -0.3 is 9.47 Å². The van der Waals surface area contributed by atoms with E-state index in [4.69, 9.17) is 0 Å². The summed E-state index contributed by atoms with van der Waals surface area (Å²) in [5, 5.41) is 0. The summed E-state index contributed by atoms with van der Waals surface area (Å²) in [5.74, 6) is 0.173. The summed E-state index contributed by atoms with van der Waals surface area (Å²) in [6, 6.07) is 1.46. The normalized spacial score (nSPS) is 8.82. The molecule has 11 heavy (non-hydrogen) atoms. The van der Waals surface area contributed by atoms with Crippen LogP contribution in [-0.2, 0) is 4.74 Å². The summed E-state index contributed by atoms with van der Waals surface area (Å²) in [7, 11) is 1.23. The van der Waals surface area contributed by atoms with Gasteiger partial charge >= 0.3 is 6.16 Å². The van der Waals surface area contributed by atoms with Gasteiger partial charge in [0.25, 0.3) is 0 Å². The summed E-state index contributed by atoms with van der Waals surface area (Å²) in [6.07, 6.45) is 1.95. The number of hydrogen-bond acceptors (Lipinski definition) is 5. The predicted molar refractivity (Wildman–Crippen MR) is 35.1 cm³/mol. The first-order chi connectivity index (χ1) is 5.33. The van der Waals surface area contributed by atoms with Crippen LogP contribution < -0.4 is 4.74 Å². The van der Waals surface area contributed by atoms with Crippen molar-refractivity contribution in [2.45, 2.75) is 0 Å². The Morgan fingerprint density at radius 2 is 2.45 bits per heavy atom. The van der Waals surface area contributed by atoms with E-state index in [9.17, 15) is 4.79 Å². The van der Waals surface area contributed by atoms with Crippen LogP contribution in [0.15, 0.2) is 18.6 Å². The molecule has 0 fully saturated rings. The topological polar surface area (TPSA) is 61.3 Å². The molecule has 0 aliphatic rings. The van der Waals surface area contributed by atoms with Gasteiger partial charge in [-0.2, -0.15) is 0 Å². The van der Waals surface area contributed by atoms with E-state index in [1.165, 1.54) is 25.7 Å². The highest BCUT2D eigenvalue weighted by Crippen LogP contribution is 2.01. The van der Waals surface area contributed by atoms with Crippen molar-refractivity contribution < 1.29 is 14.3 Å². The van der Waals surface area contributed by atoms with Crippen LogP contribution in [0.3, 0.4) is 0 Å². The molecule has 0 aliphatic carbocycles. The highest BCUT2D eigenvalue weighted by molar-refractivity contribution is 5.62. The molecule has 0 spiro atoms. The Hall–Kier alpha value is -1.65. The van der Waals surface area contributed by atoms with Gasteiger partial charge in [-0.25, -0.2) is 14.8 Å². The first kappa shape index (κ1) is 7.46. The van der Waals surface area contributed by atoms with Gasteiger partial charge in [0.15, 0.2) is 0 Å². The molecule has 0 bridgehead atoms. The van der Waals surface area contributed by atoms with Gasteiger partial charge in [-0.15, -0.1) is 0 Å². The third-order valence-electron chi connectivity index (χ3n) is 0.909. The van der Waals surface area contributed by atoms with Crippen molar-refractivity contribution in [3.05, 3.63) is 18.6 Å². The van der Waals surface area contributed by atoms with E-state index in [0.717, 1.165) is 0 Å². The van der Waals surface area contributed by atoms with Crippen molar-refractivity contribution in [2.24, 2.45) is 0 Å². The molecule has 0 amide bonds. The minimum atomic E-state index is -0.788. The molecule has 5 nitrogen and oxygen atoms in total. The van der Waals surface area contributed by atoms with Crippen molar-refractivity contribution in [1.29, 1.82) is 0 Å². The van der Waals surface area contributed by atoms with Crippen LogP contribution in [0, 0.1) is 0 Å². The Balaban J connectivity index is 2.58. The zero-order chi connectivity index (χ0) is 8.10. The third-order valence-corrected chi connectivity index (χ3v) is 0.909. The average molecular weight is 154 g/mol. The molecule has 0 atom stereocenters. The maximum Gasteiger partial charge on any atom is 0.514 e. The second-order valence-electron chi connectivity index (χ2n) is 1.60. The lowest BCUT2D eigenvalue weighted by Crippen LogP contribution is -2.08. The van der Waals surface area contributed by atoms with Gasteiger partial charge in [-0.1, -0.05) is 0 Å². The fraction of sp³-hybridized carbons (Fsp3) is 0.167. The molecule has 1 aromatic rings. The summed E-state index contributed by atoms with van der Waals surface area (Å²) >= 11 is 0. The summed E-state index contributed by atoms with van der Waals surface area (Å²) < 4.78 is 8.78. The van der Waals surface area contributed by atoms with Crippen LogP contribution in [0.4, 0.5) is 4.79 Å². The molecule has 0 N–H and O–H groups in total. The van der Waals surface area contributed by atoms with Gasteiger partial charge in [-0.3, -0.25) is 0 Å². The fourth-order valence-electron chi connectivity index (χ4n) is 0.466. The third kappa shape index (κ3) is 2.21.